The van der Waals surface area contributed by atoms with Crippen LogP contribution in [0.2, 0.25) is 0 Å². The minimum absolute atomic E-state index is 0.235. The number of anilines is 7. The van der Waals surface area contributed by atoms with Gasteiger partial charge in [-0.15, -0.1) is 0 Å². The number of benzene rings is 17. The maximum atomic E-state index is 7.84. The predicted octanol–water partition coefficient (Wildman–Crippen LogP) is 27.4. The van der Waals surface area contributed by atoms with Crippen LogP contribution in [-0.2, 0) is 0 Å². The highest BCUT2D eigenvalue weighted by molar-refractivity contribution is 6.40. The summed E-state index contributed by atoms with van der Waals surface area (Å²) in [5, 5.41) is 15.3. The number of hydrogen-bond acceptors (Lipinski definition) is 5. The van der Waals surface area contributed by atoms with Crippen LogP contribution < -0.4 is 25.1 Å². The highest BCUT2D eigenvalue weighted by Crippen LogP contribution is 2.60. The Morgan fingerprint density at radius 2 is 0.807 bits per heavy atom. The van der Waals surface area contributed by atoms with Crippen molar-refractivity contribution in [1.29, 1.82) is 0 Å². The third-order valence-electron chi connectivity index (χ3n) is 22.6. The van der Waals surface area contributed by atoms with Crippen molar-refractivity contribution in [2.75, 3.05) is 14.7 Å². The van der Waals surface area contributed by atoms with Crippen molar-refractivity contribution < 1.29 is 8.83 Å². The van der Waals surface area contributed by atoms with E-state index in [0.29, 0.717) is 0 Å². The minimum atomic E-state index is -0.243. The number of fused-ring (bicyclic) bond motifs is 16. The molecule has 19 aromatic rings. The molecular weight excluding hydrogens is 1320 g/mol. The van der Waals surface area contributed by atoms with Gasteiger partial charge in [0.05, 0.1) is 23.1 Å². The molecule has 17 aromatic carbocycles. The second-order valence-corrected chi connectivity index (χ2v) is 29.2. The lowest BCUT2D eigenvalue weighted by Crippen LogP contribution is -2.44. The van der Waals surface area contributed by atoms with E-state index in [0.717, 1.165) is 155 Å². The van der Waals surface area contributed by atoms with Crippen LogP contribution >= 0.6 is 0 Å². The monoisotopic (exact) mass is 1390 g/mol. The van der Waals surface area contributed by atoms with E-state index in [1.807, 2.05) is 0 Å². The van der Waals surface area contributed by atoms with Gasteiger partial charge < -0.3 is 23.5 Å². The molecule has 1 aliphatic heterocycles. The number of nitrogens with zero attached hydrogens (tertiary/aromatic N) is 3. The molecule has 0 saturated heterocycles. The molecular formula is C104H71N3O2. The molecule has 0 bridgehead atoms. The first-order chi connectivity index (χ1) is 53.9. The molecule has 21 rings (SSSR count). The Hall–Kier alpha value is -14.0. The van der Waals surface area contributed by atoms with Gasteiger partial charge in [0.25, 0.3) is 0 Å². The molecule has 0 fully saturated rings. The molecule has 0 radical (unpaired) electrons. The Labute approximate surface area is 631 Å². The van der Waals surface area contributed by atoms with Crippen LogP contribution in [0.15, 0.2) is 385 Å². The van der Waals surface area contributed by atoms with Crippen molar-refractivity contribution >= 4 is 139 Å². The minimum Gasteiger partial charge on any atom is -0.455 e. The standard InChI is InChI=1S/C104H71N3O2/c1-66(2)74-53-58-87-96(62-74)109-103-94(105-65-79-48-47-77(61-89(79)85-39-20-22-41-93(85)105)76-46-45-73-44-43-72-31-18-19-38-84(72)88(73)60-76)64-92-98(99(87)103)100-91(63-90(97-86-40-21-23-42-95(86)108-104(97)100)78-33-24-32-75(59-78)69-29-12-5-13-30-69)101(106(80-34-14-6-15-35-80)82-54-49-70(50-55-82)67-25-8-3-9-26-67)102(92)107(81-36-16-7-17-37-81)83-56-51-71(52-57-83)68-27-10-4-11-28-68/h3-66,93H,1-2H3. The summed E-state index contributed by atoms with van der Waals surface area (Å²) in [7, 11) is 0. The zero-order valence-corrected chi connectivity index (χ0v) is 60.2. The fourth-order valence-electron chi connectivity index (χ4n) is 17.3. The number of rotatable bonds is 13. The summed E-state index contributed by atoms with van der Waals surface area (Å²) in [6, 6.07) is 129. The molecule has 0 amide bonds. The fraction of sp³-hybridized carbons (Fsp3) is 0.0385. The Balaban J connectivity index is 0.948. The topological polar surface area (TPSA) is 36.0 Å². The third kappa shape index (κ3) is 10.7. The first kappa shape index (κ1) is 63.5. The lowest BCUT2D eigenvalue weighted by molar-refractivity contribution is 0.666. The van der Waals surface area contributed by atoms with Gasteiger partial charge >= 0.3 is 0 Å². The lowest BCUT2D eigenvalue weighted by atomic mass is 9.87. The molecule has 0 N–H and O–H groups in total. The van der Waals surface area contributed by atoms with Crippen LogP contribution in [0.25, 0.3) is 154 Å². The second kappa shape index (κ2) is 26.0. The Kier molecular flexibility index (Phi) is 15.1. The fourth-order valence-corrected chi connectivity index (χ4v) is 17.3. The molecule has 514 valence electrons. The lowest BCUT2D eigenvalue weighted by Gasteiger charge is -2.37. The first-order valence-electron chi connectivity index (χ1n) is 37.7. The van der Waals surface area contributed by atoms with E-state index < -0.39 is 0 Å². The van der Waals surface area contributed by atoms with Gasteiger partial charge in [0.1, 0.15) is 16.7 Å². The molecule has 1 aliphatic carbocycles. The summed E-state index contributed by atoms with van der Waals surface area (Å²) in [6.07, 6.45) is 11.5. The van der Waals surface area contributed by atoms with Gasteiger partial charge in [0, 0.05) is 72.0 Å². The van der Waals surface area contributed by atoms with Gasteiger partial charge in [-0.1, -0.05) is 299 Å². The van der Waals surface area contributed by atoms with E-state index >= 15 is 0 Å². The van der Waals surface area contributed by atoms with E-state index in [9.17, 15) is 0 Å². The number of hydrogen-bond donors (Lipinski definition) is 0. The van der Waals surface area contributed by atoms with Crippen LogP contribution in [0.5, 0.6) is 0 Å². The largest absolute Gasteiger partial charge is 0.455 e. The van der Waals surface area contributed by atoms with E-state index in [-0.39, 0.29) is 12.0 Å². The Morgan fingerprint density at radius 3 is 1.47 bits per heavy atom. The highest BCUT2D eigenvalue weighted by atomic mass is 16.3. The summed E-state index contributed by atoms with van der Waals surface area (Å²) in [4.78, 5) is 7.55. The van der Waals surface area contributed by atoms with Gasteiger partial charge in [0.15, 0.2) is 5.58 Å². The quantitative estimate of drug-likeness (QED) is 0.0849. The van der Waals surface area contributed by atoms with Crippen LogP contribution in [0.3, 0.4) is 0 Å². The molecule has 1 unspecified atom stereocenters. The van der Waals surface area contributed by atoms with Crippen molar-refractivity contribution in [3.63, 3.8) is 0 Å². The summed E-state index contributed by atoms with van der Waals surface area (Å²) < 4.78 is 15.6. The summed E-state index contributed by atoms with van der Waals surface area (Å²) >= 11 is 0. The van der Waals surface area contributed by atoms with Gasteiger partial charge in [0.2, 0.25) is 0 Å². The van der Waals surface area contributed by atoms with Crippen molar-refractivity contribution in [3.8, 4) is 55.6 Å². The van der Waals surface area contributed by atoms with Crippen molar-refractivity contribution in [1.82, 2.24) is 0 Å². The molecule has 5 nitrogen and oxygen atoms in total. The first-order valence-corrected chi connectivity index (χ1v) is 37.7. The van der Waals surface area contributed by atoms with Gasteiger partial charge in [-0.2, -0.15) is 0 Å². The van der Waals surface area contributed by atoms with Crippen molar-refractivity contribution in [2.45, 2.75) is 25.8 Å². The van der Waals surface area contributed by atoms with Crippen LogP contribution in [0, 0.1) is 0 Å². The second-order valence-electron chi connectivity index (χ2n) is 29.2. The Morgan fingerprint density at radius 1 is 0.321 bits per heavy atom. The molecule has 0 spiro atoms. The average Bonchev–Trinajstić information content (AvgIpc) is 1.28. The summed E-state index contributed by atoms with van der Waals surface area (Å²) in [5.74, 6) is 0.235. The van der Waals surface area contributed by atoms with E-state index in [2.05, 4.69) is 411 Å². The summed E-state index contributed by atoms with van der Waals surface area (Å²) in [6.45, 7) is 4.53. The van der Waals surface area contributed by atoms with E-state index in [1.54, 1.807) is 0 Å². The molecule has 2 aliphatic rings. The summed E-state index contributed by atoms with van der Waals surface area (Å²) in [5.41, 5.74) is 23.6. The zero-order chi connectivity index (χ0) is 72.2. The SMILES string of the molecule is CC(C)c1ccc2c(c1)oc1c(N3C=c4ccc(-c5ccc6ccc7ccccc7c6c5)cc4=C4C=CC=CC43)cc3c(N(c4ccccc4)c4ccc(-c5ccccc5)cc4)c(N(c4ccccc4)c4ccc(-c5ccccc5)cc4)c4cc(-c5cccc(-c6ccccc6)c5)c5c6ccccc6oc5c4c3c12. The third-order valence-corrected chi connectivity index (χ3v) is 22.6. The van der Waals surface area contributed by atoms with Gasteiger partial charge in [-0.25, -0.2) is 0 Å². The zero-order valence-electron chi connectivity index (χ0n) is 60.2. The molecule has 109 heavy (non-hydrogen) atoms. The van der Waals surface area contributed by atoms with Crippen molar-refractivity contribution in [3.05, 3.63) is 392 Å². The number of furan rings is 2. The van der Waals surface area contributed by atoms with Crippen LogP contribution in [-0.4, -0.2) is 6.04 Å². The Bertz CT molecular complexity index is 7040. The van der Waals surface area contributed by atoms with Crippen LogP contribution in [0.4, 0.5) is 39.8 Å². The number of para-hydroxylation sites is 3. The smallest absolute Gasteiger partial charge is 0.159 e. The molecule has 3 heterocycles. The molecule has 5 heteroatoms. The van der Waals surface area contributed by atoms with Gasteiger partial charge in [-0.05, 0) is 196 Å². The van der Waals surface area contributed by atoms with Crippen LogP contribution in [0.1, 0.15) is 25.3 Å². The molecule has 0 saturated carbocycles. The average molecular weight is 1390 g/mol. The van der Waals surface area contributed by atoms with E-state index in [4.69, 9.17) is 8.83 Å². The van der Waals surface area contributed by atoms with E-state index in [1.165, 1.54) is 49.0 Å². The predicted molar refractivity (Wildman–Crippen MR) is 460 cm³/mol. The van der Waals surface area contributed by atoms with Gasteiger partial charge in [-0.3, -0.25) is 0 Å². The maximum absolute atomic E-state index is 7.84. The number of allylic oxidation sites excluding steroid dienone is 2. The molecule has 2 aromatic heterocycles. The highest BCUT2D eigenvalue weighted by Gasteiger charge is 2.36. The normalized spacial score (nSPS) is 13.4. The molecule has 1 atom stereocenters. The van der Waals surface area contributed by atoms with Crippen molar-refractivity contribution in [2.24, 2.45) is 0 Å². The maximum Gasteiger partial charge on any atom is 0.159 e.